The molecule has 0 fully saturated rings. The molecule has 0 unspecified atom stereocenters. The van der Waals surface area contributed by atoms with Gasteiger partial charge in [0.05, 0.1) is 12.9 Å². The molecular formula is C12H14N2O2S. The van der Waals surface area contributed by atoms with Crippen molar-refractivity contribution in [3.05, 3.63) is 42.7 Å². The largest absolute Gasteiger partial charge is 0.501 e. The summed E-state index contributed by atoms with van der Waals surface area (Å²) < 4.78 is 4.90. The Morgan fingerprint density at radius 2 is 2.12 bits per heavy atom. The molecule has 0 atom stereocenters. The Bertz CT molecular complexity index is 404. The molecule has 1 aromatic rings. The summed E-state index contributed by atoms with van der Waals surface area (Å²) in [5, 5.41) is 5.64. The van der Waals surface area contributed by atoms with Crippen LogP contribution in [0.1, 0.15) is 6.92 Å². The third kappa shape index (κ3) is 5.67. The van der Waals surface area contributed by atoms with Gasteiger partial charge >= 0.3 is 0 Å². The van der Waals surface area contributed by atoms with Crippen LogP contribution in [-0.2, 0) is 9.53 Å². The van der Waals surface area contributed by atoms with E-state index in [4.69, 9.17) is 17.0 Å². The number of benzene rings is 1. The van der Waals surface area contributed by atoms with Crippen molar-refractivity contribution in [2.24, 2.45) is 0 Å². The second kappa shape index (κ2) is 7.40. The number of ether oxygens (including phenoxy) is 1. The van der Waals surface area contributed by atoms with Crippen LogP contribution >= 0.6 is 12.2 Å². The highest BCUT2D eigenvalue weighted by molar-refractivity contribution is 7.80. The summed E-state index contributed by atoms with van der Waals surface area (Å²) >= 11 is 4.97. The molecule has 17 heavy (non-hydrogen) atoms. The molecule has 0 radical (unpaired) electrons. The van der Waals surface area contributed by atoms with E-state index < -0.39 is 0 Å². The average Bonchev–Trinajstić information content (AvgIpc) is 2.30. The first kappa shape index (κ1) is 13.2. The van der Waals surface area contributed by atoms with Crippen molar-refractivity contribution >= 4 is 28.9 Å². The van der Waals surface area contributed by atoms with Gasteiger partial charge in [-0.3, -0.25) is 10.1 Å². The number of hydrogen-bond donors (Lipinski definition) is 2. The van der Waals surface area contributed by atoms with Gasteiger partial charge in [-0.05, 0) is 31.3 Å². The molecule has 1 rings (SSSR count). The van der Waals surface area contributed by atoms with Crippen LogP contribution in [0.15, 0.2) is 42.7 Å². The van der Waals surface area contributed by atoms with Gasteiger partial charge in [0.2, 0.25) is 0 Å². The predicted octanol–water partition coefficient (Wildman–Crippen LogP) is 2.05. The SMILES string of the molecule is CCOC=CC(=O)NC(=S)Nc1ccccc1. The van der Waals surface area contributed by atoms with E-state index >= 15 is 0 Å². The Hall–Kier alpha value is -1.88. The first-order chi connectivity index (χ1) is 8.22. The van der Waals surface area contributed by atoms with Gasteiger partial charge < -0.3 is 10.1 Å². The molecule has 0 heterocycles. The topological polar surface area (TPSA) is 50.4 Å². The van der Waals surface area contributed by atoms with E-state index in [0.717, 1.165) is 5.69 Å². The van der Waals surface area contributed by atoms with Crippen LogP contribution < -0.4 is 10.6 Å². The molecule has 1 amide bonds. The van der Waals surface area contributed by atoms with E-state index in [1.165, 1.54) is 12.3 Å². The number of carbonyl (C=O) groups is 1. The Labute approximate surface area is 106 Å². The number of rotatable bonds is 4. The zero-order chi connectivity index (χ0) is 12.5. The predicted molar refractivity (Wildman–Crippen MR) is 71.6 cm³/mol. The summed E-state index contributed by atoms with van der Waals surface area (Å²) in [7, 11) is 0. The van der Waals surface area contributed by atoms with Crippen molar-refractivity contribution in [2.45, 2.75) is 6.92 Å². The molecule has 0 aliphatic rings. The number of para-hydroxylation sites is 1. The number of thiocarbonyl (C=S) groups is 1. The molecule has 4 nitrogen and oxygen atoms in total. The van der Waals surface area contributed by atoms with Gasteiger partial charge in [0.1, 0.15) is 0 Å². The molecular weight excluding hydrogens is 236 g/mol. The maximum absolute atomic E-state index is 11.3. The van der Waals surface area contributed by atoms with Crippen molar-refractivity contribution in [3.8, 4) is 0 Å². The standard InChI is InChI=1S/C12H14N2O2S/c1-2-16-9-8-11(15)14-12(17)13-10-6-4-3-5-7-10/h3-9H,2H2,1H3,(H2,13,14,15,17). The normalized spacial score (nSPS) is 9.94. The second-order valence-corrected chi connectivity index (χ2v) is 3.48. The van der Waals surface area contributed by atoms with Gasteiger partial charge in [-0.2, -0.15) is 0 Å². The van der Waals surface area contributed by atoms with Gasteiger partial charge in [0, 0.05) is 11.8 Å². The van der Waals surface area contributed by atoms with Gasteiger partial charge in [-0.1, -0.05) is 18.2 Å². The molecule has 90 valence electrons. The minimum atomic E-state index is -0.327. The molecule has 0 saturated carbocycles. The smallest absolute Gasteiger partial charge is 0.253 e. The molecule has 0 aromatic heterocycles. The van der Waals surface area contributed by atoms with Crippen LogP contribution in [0.2, 0.25) is 0 Å². The molecule has 0 saturated heterocycles. The Morgan fingerprint density at radius 3 is 2.76 bits per heavy atom. The van der Waals surface area contributed by atoms with E-state index in [9.17, 15) is 4.79 Å². The quantitative estimate of drug-likeness (QED) is 0.488. The highest BCUT2D eigenvalue weighted by Crippen LogP contribution is 2.04. The number of anilines is 1. The van der Waals surface area contributed by atoms with Crippen LogP contribution in [0.5, 0.6) is 0 Å². The van der Waals surface area contributed by atoms with Gasteiger partial charge in [0.25, 0.3) is 5.91 Å². The van der Waals surface area contributed by atoms with E-state index in [2.05, 4.69) is 10.6 Å². The fourth-order valence-corrected chi connectivity index (χ4v) is 1.26. The zero-order valence-corrected chi connectivity index (χ0v) is 10.3. The molecule has 0 spiro atoms. The molecule has 0 aliphatic heterocycles. The molecule has 5 heteroatoms. The van der Waals surface area contributed by atoms with Gasteiger partial charge in [-0.25, -0.2) is 0 Å². The lowest BCUT2D eigenvalue weighted by Gasteiger charge is -2.07. The highest BCUT2D eigenvalue weighted by atomic mass is 32.1. The lowest BCUT2D eigenvalue weighted by Crippen LogP contribution is -2.32. The highest BCUT2D eigenvalue weighted by Gasteiger charge is 2.00. The molecule has 0 bridgehead atoms. The Morgan fingerprint density at radius 1 is 1.41 bits per heavy atom. The first-order valence-corrected chi connectivity index (χ1v) is 5.58. The Kier molecular flexibility index (Phi) is 5.74. The number of nitrogens with one attached hydrogen (secondary N) is 2. The van der Waals surface area contributed by atoms with Crippen LogP contribution in [0.25, 0.3) is 0 Å². The minimum absolute atomic E-state index is 0.252. The summed E-state index contributed by atoms with van der Waals surface area (Å²) in [6.07, 6.45) is 2.61. The van der Waals surface area contributed by atoms with Crippen molar-refractivity contribution in [1.82, 2.24) is 5.32 Å². The summed E-state index contributed by atoms with van der Waals surface area (Å²) in [6, 6.07) is 9.37. The minimum Gasteiger partial charge on any atom is -0.501 e. The van der Waals surface area contributed by atoms with E-state index in [0.29, 0.717) is 6.61 Å². The fraction of sp³-hybridized carbons (Fsp3) is 0.167. The monoisotopic (exact) mass is 250 g/mol. The van der Waals surface area contributed by atoms with Crippen LogP contribution in [0.3, 0.4) is 0 Å². The van der Waals surface area contributed by atoms with Crippen molar-refractivity contribution in [3.63, 3.8) is 0 Å². The number of carbonyl (C=O) groups excluding carboxylic acids is 1. The van der Waals surface area contributed by atoms with Crippen LogP contribution in [0.4, 0.5) is 5.69 Å². The maximum atomic E-state index is 11.3. The summed E-state index contributed by atoms with van der Waals surface area (Å²) in [5.74, 6) is -0.327. The van der Waals surface area contributed by atoms with Crippen molar-refractivity contribution in [2.75, 3.05) is 11.9 Å². The summed E-state index contributed by atoms with van der Waals surface area (Å²) in [6.45, 7) is 2.36. The lowest BCUT2D eigenvalue weighted by molar-refractivity contribution is -0.115. The number of hydrogen-bond acceptors (Lipinski definition) is 3. The first-order valence-electron chi connectivity index (χ1n) is 5.17. The molecule has 2 N–H and O–H groups in total. The van der Waals surface area contributed by atoms with E-state index in [-0.39, 0.29) is 11.0 Å². The van der Waals surface area contributed by atoms with E-state index in [1.807, 2.05) is 37.3 Å². The molecule has 1 aromatic carbocycles. The fourth-order valence-electron chi connectivity index (χ4n) is 1.04. The van der Waals surface area contributed by atoms with Crippen molar-refractivity contribution in [1.29, 1.82) is 0 Å². The van der Waals surface area contributed by atoms with Crippen LogP contribution in [0, 0.1) is 0 Å². The van der Waals surface area contributed by atoms with Gasteiger partial charge in [0.15, 0.2) is 5.11 Å². The second-order valence-electron chi connectivity index (χ2n) is 3.07. The zero-order valence-electron chi connectivity index (χ0n) is 9.47. The maximum Gasteiger partial charge on any atom is 0.253 e. The van der Waals surface area contributed by atoms with Crippen molar-refractivity contribution < 1.29 is 9.53 Å². The Balaban J connectivity index is 2.37. The van der Waals surface area contributed by atoms with E-state index in [1.54, 1.807) is 0 Å². The third-order valence-corrected chi connectivity index (χ3v) is 1.95. The third-order valence-electron chi connectivity index (χ3n) is 1.75. The molecule has 0 aliphatic carbocycles. The van der Waals surface area contributed by atoms with Crippen LogP contribution in [-0.4, -0.2) is 17.6 Å². The lowest BCUT2D eigenvalue weighted by atomic mass is 10.3. The average molecular weight is 250 g/mol. The summed E-state index contributed by atoms with van der Waals surface area (Å²) in [5.41, 5.74) is 0.826. The number of amides is 1. The summed E-state index contributed by atoms with van der Waals surface area (Å²) in [4.78, 5) is 11.3. The van der Waals surface area contributed by atoms with Gasteiger partial charge in [-0.15, -0.1) is 0 Å².